The molecule has 1 N–H and O–H groups in total. The van der Waals surface area contributed by atoms with E-state index in [2.05, 4.69) is 55.0 Å². The Kier molecular flexibility index (Phi) is 6.58. The topological polar surface area (TPSA) is 78.8 Å². The fourth-order valence-electron chi connectivity index (χ4n) is 5.53. The van der Waals surface area contributed by atoms with Crippen molar-refractivity contribution in [1.82, 2.24) is 15.1 Å². The van der Waals surface area contributed by atoms with Gasteiger partial charge < -0.3 is 14.7 Å². The molecule has 0 aliphatic carbocycles. The van der Waals surface area contributed by atoms with Gasteiger partial charge in [-0.1, -0.05) is 45.0 Å². The Morgan fingerprint density at radius 2 is 1.94 bits per heavy atom. The van der Waals surface area contributed by atoms with Gasteiger partial charge in [-0.15, -0.1) is 5.10 Å². The van der Waals surface area contributed by atoms with Crippen LogP contribution in [0.5, 0.6) is 0 Å². The molecule has 0 bridgehead atoms. The van der Waals surface area contributed by atoms with E-state index < -0.39 is 11.0 Å². The summed E-state index contributed by atoms with van der Waals surface area (Å²) in [6, 6.07) is 10.1. The lowest BCUT2D eigenvalue weighted by atomic mass is 9.62. The molecular formula is C26H36N4O3. The maximum atomic E-state index is 13.0. The van der Waals surface area contributed by atoms with Gasteiger partial charge in [0.1, 0.15) is 5.60 Å². The number of hydrogen-bond donors (Lipinski definition) is 1. The summed E-state index contributed by atoms with van der Waals surface area (Å²) in [5, 5.41) is 20.9. The molecule has 0 saturated carbocycles. The van der Waals surface area contributed by atoms with Crippen LogP contribution in [0.25, 0.3) is 0 Å². The van der Waals surface area contributed by atoms with Crippen molar-refractivity contribution < 1.29 is 14.6 Å². The summed E-state index contributed by atoms with van der Waals surface area (Å²) in [6.45, 7) is 9.13. The summed E-state index contributed by atoms with van der Waals surface area (Å²) >= 11 is 0. The zero-order valence-electron chi connectivity index (χ0n) is 20.4. The molecule has 1 amide bonds. The normalized spacial score (nSPS) is 22.5. The number of carbonyl (C=O) groups is 1. The Morgan fingerprint density at radius 1 is 1.24 bits per heavy atom. The van der Waals surface area contributed by atoms with Crippen molar-refractivity contribution in [3.05, 3.63) is 53.2 Å². The van der Waals surface area contributed by atoms with E-state index in [0.717, 1.165) is 25.1 Å². The molecule has 4 rings (SSSR count). The minimum Gasteiger partial charge on any atom is -0.385 e. The fourth-order valence-corrected chi connectivity index (χ4v) is 5.53. The van der Waals surface area contributed by atoms with Gasteiger partial charge in [-0.2, -0.15) is 5.10 Å². The maximum Gasteiger partial charge on any atom is 0.231 e. The highest BCUT2D eigenvalue weighted by atomic mass is 16.5. The predicted molar refractivity (Wildman–Crippen MR) is 128 cm³/mol. The van der Waals surface area contributed by atoms with E-state index in [1.54, 1.807) is 18.2 Å². The van der Waals surface area contributed by atoms with Gasteiger partial charge >= 0.3 is 0 Å². The summed E-state index contributed by atoms with van der Waals surface area (Å²) in [7, 11) is 3.71. The zero-order chi connectivity index (χ0) is 23.8. The number of aromatic nitrogens is 2. The van der Waals surface area contributed by atoms with E-state index in [1.807, 2.05) is 18.2 Å². The second-order valence-corrected chi connectivity index (χ2v) is 10.3. The smallest absolute Gasteiger partial charge is 0.231 e. The van der Waals surface area contributed by atoms with E-state index in [0.29, 0.717) is 36.9 Å². The largest absolute Gasteiger partial charge is 0.385 e. The summed E-state index contributed by atoms with van der Waals surface area (Å²) in [6.07, 6.45) is 3.12. The minimum atomic E-state index is -1.25. The van der Waals surface area contributed by atoms with Crippen molar-refractivity contribution in [2.45, 2.75) is 45.1 Å². The van der Waals surface area contributed by atoms with Gasteiger partial charge in [-0.25, -0.2) is 0 Å². The highest BCUT2D eigenvalue weighted by Gasteiger charge is 2.55. The predicted octanol–water partition coefficient (Wildman–Crippen LogP) is 3.18. The van der Waals surface area contributed by atoms with E-state index in [9.17, 15) is 9.90 Å². The molecule has 2 aliphatic heterocycles. The van der Waals surface area contributed by atoms with Crippen molar-refractivity contribution in [1.29, 1.82) is 0 Å². The lowest BCUT2D eigenvalue weighted by Gasteiger charge is -2.55. The van der Waals surface area contributed by atoms with Crippen LogP contribution in [0, 0.1) is 11.3 Å². The molecule has 1 aromatic carbocycles. The number of rotatable bonds is 8. The molecule has 7 heteroatoms. The van der Waals surface area contributed by atoms with Gasteiger partial charge in [-0.05, 0) is 43.0 Å². The van der Waals surface area contributed by atoms with Crippen LogP contribution in [0.3, 0.4) is 0 Å². The molecule has 2 saturated heterocycles. The molecule has 178 valence electrons. The number of hydrogen-bond acceptors (Lipinski definition) is 6. The van der Waals surface area contributed by atoms with Crippen molar-refractivity contribution in [3.8, 4) is 0 Å². The highest BCUT2D eigenvalue weighted by molar-refractivity contribution is 5.96. The third-order valence-corrected chi connectivity index (χ3v) is 7.43. The second-order valence-electron chi connectivity index (χ2n) is 10.3. The molecule has 1 unspecified atom stereocenters. The van der Waals surface area contributed by atoms with E-state index in [4.69, 9.17) is 4.74 Å². The van der Waals surface area contributed by atoms with Gasteiger partial charge in [0.25, 0.3) is 0 Å². The van der Waals surface area contributed by atoms with Gasteiger partial charge in [0, 0.05) is 50.2 Å². The lowest BCUT2D eigenvalue weighted by Crippen LogP contribution is -2.63. The van der Waals surface area contributed by atoms with Crippen LogP contribution in [0.4, 0.5) is 5.82 Å². The zero-order valence-corrected chi connectivity index (χ0v) is 20.4. The number of likely N-dealkylation sites (tertiary alicyclic amines) is 1. The number of benzene rings is 1. The number of anilines is 1. The Balaban J connectivity index is 1.71. The number of carbonyl (C=O) groups excluding carboxylic acids is 1. The molecule has 2 aliphatic rings. The third kappa shape index (κ3) is 4.18. The molecule has 2 fully saturated rings. The van der Waals surface area contributed by atoms with Crippen LogP contribution in [0.15, 0.2) is 36.5 Å². The first-order valence-electron chi connectivity index (χ1n) is 11.8. The van der Waals surface area contributed by atoms with E-state index in [-0.39, 0.29) is 11.8 Å². The number of aliphatic hydroxyl groups is 1. The van der Waals surface area contributed by atoms with Crippen molar-refractivity contribution in [3.63, 3.8) is 0 Å². The third-order valence-electron chi connectivity index (χ3n) is 7.43. The number of methoxy groups -OCH3 is 1. The quantitative estimate of drug-likeness (QED) is 0.663. The first-order valence-corrected chi connectivity index (χ1v) is 11.8. The van der Waals surface area contributed by atoms with Gasteiger partial charge in [0.05, 0.1) is 6.20 Å². The Morgan fingerprint density at radius 3 is 2.55 bits per heavy atom. The van der Waals surface area contributed by atoms with E-state index >= 15 is 0 Å². The summed E-state index contributed by atoms with van der Waals surface area (Å²) in [5.74, 6) is 0.915. The van der Waals surface area contributed by atoms with E-state index in [1.165, 1.54) is 5.56 Å². The maximum absolute atomic E-state index is 13.0. The fraction of sp³-hybridized carbons (Fsp3) is 0.577. The molecule has 0 spiro atoms. The average molecular weight is 453 g/mol. The van der Waals surface area contributed by atoms with Crippen molar-refractivity contribution in [2.24, 2.45) is 11.3 Å². The van der Waals surface area contributed by atoms with Crippen LogP contribution < -0.4 is 4.90 Å². The number of ether oxygens (including phenoxy) is 1. The number of amides is 1. The SMILES string of the molecule is COCCC1CCN(c2cc([C@@](O)(c3ccc(C(C)C)cc3)C3(C)CN(C)C3)cnn2)C1=O. The second kappa shape index (κ2) is 9.12. The Hall–Kier alpha value is -2.35. The molecular weight excluding hydrogens is 416 g/mol. The van der Waals surface area contributed by atoms with Crippen molar-refractivity contribution >= 4 is 11.7 Å². The van der Waals surface area contributed by atoms with Gasteiger partial charge in [0.15, 0.2) is 5.82 Å². The van der Waals surface area contributed by atoms with Crippen LogP contribution in [0.2, 0.25) is 0 Å². The first kappa shape index (κ1) is 23.8. The molecule has 3 heterocycles. The first-order chi connectivity index (χ1) is 15.7. The van der Waals surface area contributed by atoms with Crippen LogP contribution in [-0.4, -0.2) is 66.5 Å². The Bertz CT molecular complexity index is 987. The van der Waals surface area contributed by atoms with Gasteiger partial charge in [-0.3, -0.25) is 9.69 Å². The standard InChI is InChI=1S/C26H36N4O3/c1-18(2)19-6-8-21(9-7-19)26(32,25(3)16-29(4)17-25)22-14-23(28-27-15-22)30-12-10-20(24(30)31)11-13-33-5/h6-9,14-15,18,20,32H,10-13,16-17H2,1-5H3/t20?,26-/m0/s1. The minimum absolute atomic E-state index is 0.0536. The van der Waals surface area contributed by atoms with Gasteiger partial charge in [0.2, 0.25) is 5.91 Å². The van der Waals surface area contributed by atoms with Crippen LogP contribution in [-0.2, 0) is 15.1 Å². The monoisotopic (exact) mass is 452 g/mol. The van der Waals surface area contributed by atoms with Crippen LogP contribution >= 0.6 is 0 Å². The Labute approximate surface area is 196 Å². The molecule has 2 atom stereocenters. The summed E-state index contributed by atoms with van der Waals surface area (Å²) in [5.41, 5.74) is 1.10. The molecule has 33 heavy (non-hydrogen) atoms. The summed E-state index contributed by atoms with van der Waals surface area (Å²) < 4.78 is 5.16. The van der Waals surface area contributed by atoms with Crippen LogP contribution in [0.1, 0.15) is 56.2 Å². The molecule has 1 aromatic heterocycles. The molecule has 7 nitrogen and oxygen atoms in total. The number of nitrogens with zero attached hydrogens (tertiary/aromatic N) is 4. The summed E-state index contributed by atoms with van der Waals surface area (Å²) in [4.78, 5) is 16.9. The van der Waals surface area contributed by atoms with Crippen molar-refractivity contribution in [2.75, 3.05) is 45.3 Å². The average Bonchev–Trinajstić information content (AvgIpc) is 3.16. The molecule has 2 aromatic rings. The highest BCUT2D eigenvalue weighted by Crippen LogP contribution is 2.50. The molecule has 0 radical (unpaired) electrons. The lowest BCUT2D eigenvalue weighted by molar-refractivity contribution is -0.127.